The van der Waals surface area contributed by atoms with Gasteiger partial charge in [0.15, 0.2) is 11.7 Å². The fourth-order valence-electron chi connectivity index (χ4n) is 3.21. The monoisotopic (exact) mass is 383 g/mol. The molecule has 7 nitrogen and oxygen atoms in total. The SMILES string of the molecule is CCNC(=NCCNC(=O)c1ccco1)N1CCN(Cc2ccccc2)CC1. The van der Waals surface area contributed by atoms with Crippen molar-refractivity contribution in [1.29, 1.82) is 0 Å². The first-order valence-electron chi connectivity index (χ1n) is 9.87. The fourth-order valence-corrected chi connectivity index (χ4v) is 3.21. The zero-order chi connectivity index (χ0) is 19.6. The molecule has 0 bridgehead atoms. The van der Waals surface area contributed by atoms with Crippen molar-refractivity contribution in [2.45, 2.75) is 13.5 Å². The summed E-state index contributed by atoms with van der Waals surface area (Å²) in [6.45, 7) is 8.78. The number of benzene rings is 1. The van der Waals surface area contributed by atoms with Crippen LogP contribution in [0.25, 0.3) is 0 Å². The number of guanidine groups is 1. The summed E-state index contributed by atoms with van der Waals surface area (Å²) in [6.07, 6.45) is 1.49. The summed E-state index contributed by atoms with van der Waals surface area (Å²) in [5.74, 6) is 1.03. The molecule has 0 atom stereocenters. The first-order chi connectivity index (χ1) is 13.8. The third-order valence-corrected chi connectivity index (χ3v) is 4.66. The molecule has 0 unspecified atom stereocenters. The molecule has 0 saturated carbocycles. The third-order valence-electron chi connectivity index (χ3n) is 4.66. The molecule has 1 aromatic heterocycles. The maximum absolute atomic E-state index is 11.9. The van der Waals surface area contributed by atoms with Crippen molar-refractivity contribution in [1.82, 2.24) is 20.4 Å². The Kier molecular flexibility index (Phi) is 7.49. The van der Waals surface area contributed by atoms with Crippen molar-refractivity contribution in [3.05, 3.63) is 60.1 Å². The van der Waals surface area contributed by atoms with Crippen molar-refractivity contribution in [2.75, 3.05) is 45.8 Å². The molecule has 1 aliphatic rings. The first kappa shape index (κ1) is 19.9. The molecular formula is C21H29N5O2. The van der Waals surface area contributed by atoms with Crippen LogP contribution >= 0.6 is 0 Å². The van der Waals surface area contributed by atoms with Crippen molar-refractivity contribution in [3.8, 4) is 0 Å². The molecule has 3 rings (SSSR count). The maximum atomic E-state index is 11.9. The van der Waals surface area contributed by atoms with Crippen LogP contribution in [0.5, 0.6) is 0 Å². The second-order valence-electron chi connectivity index (χ2n) is 6.72. The van der Waals surface area contributed by atoms with Gasteiger partial charge in [-0.1, -0.05) is 30.3 Å². The fraction of sp³-hybridized carbons (Fsp3) is 0.429. The Morgan fingerprint density at radius 2 is 1.86 bits per heavy atom. The molecule has 1 saturated heterocycles. The molecule has 1 aliphatic heterocycles. The van der Waals surface area contributed by atoms with Gasteiger partial charge in [0.05, 0.1) is 12.8 Å². The van der Waals surface area contributed by atoms with E-state index in [-0.39, 0.29) is 5.91 Å². The topological polar surface area (TPSA) is 73.1 Å². The van der Waals surface area contributed by atoms with Crippen molar-refractivity contribution >= 4 is 11.9 Å². The number of carbonyl (C=O) groups excluding carboxylic acids is 1. The van der Waals surface area contributed by atoms with E-state index in [1.807, 2.05) is 0 Å². The molecule has 2 aromatic rings. The third kappa shape index (κ3) is 5.85. The Morgan fingerprint density at radius 1 is 1.07 bits per heavy atom. The van der Waals surface area contributed by atoms with E-state index in [0.29, 0.717) is 18.8 Å². The summed E-state index contributed by atoms with van der Waals surface area (Å²) in [6, 6.07) is 13.9. The molecular weight excluding hydrogens is 354 g/mol. The van der Waals surface area contributed by atoms with Gasteiger partial charge in [-0.25, -0.2) is 0 Å². The van der Waals surface area contributed by atoms with Crippen molar-refractivity contribution in [3.63, 3.8) is 0 Å². The second kappa shape index (κ2) is 10.5. The minimum absolute atomic E-state index is 0.209. The average Bonchev–Trinajstić information content (AvgIpc) is 3.27. The Hall–Kier alpha value is -2.80. The highest BCUT2D eigenvalue weighted by atomic mass is 16.3. The van der Waals surface area contributed by atoms with Crippen LogP contribution in [-0.2, 0) is 6.54 Å². The van der Waals surface area contributed by atoms with E-state index in [1.165, 1.54) is 11.8 Å². The molecule has 1 aromatic carbocycles. The van der Waals surface area contributed by atoms with Crippen LogP contribution in [0.1, 0.15) is 23.0 Å². The van der Waals surface area contributed by atoms with Crippen LogP contribution in [-0.4, -0.2) is 67.5 Å². The Bertz CT molecular complexity index is 737. The summed E-state index contributed by atoms with van der Waals surface area (Å²) in [7, 11) is 0. The van der Waals surface area contributed by atoms with Gasteiger partial charge in [0.1, 0.15) is 0 Å². The number of piperazine rings is 1. The van der Waals surface area contributed by atoms with Gasteiger partial charge in [-0.2, -0.15) is 0 Å². The van der Waals surface area contributed by atoms with Gasteiger partial charge in [-0.05, 0) is 24.6 Å². The number of hydrogen-bond acceptors (Lipinski definition) is 4. The number of hydrogen-bond donors (Lipinski definition) is 2. The van der Waals surface area contributed by atoms with Gasteiger partial charge in [0.25, 0.3) is 5.91 Å². The standard InChI is InChI=1S/C21H29N5O2/c1-2-22-21(24-11-10-23-20(27)19-9-6-16-28-19)26-14-12-25(13-15-26)17-18-7-4-3-5-8-18/h3-9,16H,2,10-15,17H2,1H3,(H,22,24)(H,23,27). The van der Waals surface area contributed by atoms with Gasteiger partial charge < -0.3 is 20.0 Å². The van der Waals surface area contributed by atoms with Gasteiger partial charge >= 0.3 is 0 Å². The van der Waals surface area contributed by atoms with E-state index in [2.05, 4.69) is 62.7 Å². The number of carbonyl (C=O) groups is 1. The summed E-state index contributed by atoms with van der Waals surface area (Å²) < 4.78 is 5.09. The van der Waals surface area contributed by atoms with Crippen LogP contribution in [0.2, 0.25) is 0 Å². The molecule has 7 heteroatoms. The molecule has 150 valence electrons. The number of rotatable bonds is 7. The zero-order valence-corrected chi connectivity index (χ0v) is 16.4. The van der Waals surface area contributed by atoms with E-state index in [4.69, 9.17) is 4.42 Å². The smallest absolute Gasteiger partial charge is 0.287 e. The quantitative estimate of drug-likeness (QED) is 0.433. The molecule has 1 amide bonds. The average molecular weight is 383 g/mol. The largest absolute Gasteiger partial charge is 0.459 e. The Balaban J connectivity index is 1.44. The minimum atomic E-state index is -0.209. The number of aliphatic imine (C=N–C) groups is 1. The van der Waals surface area contributed by atoms with Gasteiger partial charge in [0.2, 0.25) is 0 Å². The summed E-state index contributed by atoms with van der Waals surface area (Å²) in [5.41, 5.74) is 1.35. The molecule has 0 spiro atoms. The Morgan fingerprint density at radius 3 is 2.54 bits per heavy atom. The molecule has 28 heavy (non-hydrogen) atoms. The van der Waals surface area contributed by atoms with E-state index in [1.54, 1.807) is 12.1 Å². The second-order valence-corrected chi connectivity index (χ2v) is 6.72. The maximum Gasteiger partial charge on any atom is 0.287 e. The lowest BCUT2D eigenvalue weighted by Crippen LogP contribution is -2.52. The summed E-state index contributed by atoms with van der Waals surface area (Å²) in [5, 5.41) is 6.18. The lowest BCUT2D eigenvalue weighted by Gasteiger charge is -2.36. The van der Waals surface area contributed by atoms with Crippen LogP contribution in [0.3, 0.4) is 0 Å². The van der Waals surface area contributed by atoms with E-state index >= 15 is 0 Å². The number of nitrogens with one attached hydrogen (secondary N) is 2. The van der Waals surface area contributed by atoms with E-state index in [9.17, 15) is 4.79 Å². The predicted octanol–water partition coefficient (Wildman–Crippen LogP) is 1.79. The van der Waals surface area contributed by atoms with Crippen molar-refractivity contribution < 1.29 is 9.21 Å². The lowest BCUT2D eigenvalue weighted by atomic mass is 10.2. The molecule has 0 radical (unpaired) electrons. The van der Waals surface area contributed by atoms with E-state index < -0.39 is 0 Å². The lowest BCUT2D eigenvalue weighted by molar-refractivity contribution is 0.0927. The molecule has 1 fully saturated rings. The first-order valence-corrected chi connectivity index (χ1v) is 9.87. The van der Waals surface area contributed by atoms with E-state index in [0.717, 1.165) is 45.2 Å². The molecule has 2 N–H and O–H groups in total. The molecule has 0 aliphatic carbocycles. The van der Waals surface area contributed by atoms with Gasteiger partial charge in [-0.15, -0.1) is 0 Å². The highest BCUT2D eigenvalue weighted by Crippen LogP contribution is 2.08. The minimum Gasteiger partial charge on any atom is -0.459 e. The molecule has 2 heterocycles. The van der Waals surface area contributed by atoms with Crippen LogP contribution in [0, 0.1) is 0 Å². The predicted molar refractivity (Wildman–Crippen MR) is 110 cm³/mol. The van der Waals surface area contributed by atoms with Crippen LogP contribution < -0.4 is 10.6 Å². The summed E-state index contributed by atoms with van der Waals surface area (Å²) >= 11 is 0. The number of amides is 1. The highest BCUT2D eigenvalue weighted by molar-refractivity contribution is 5.91. The summed E-state index contributed by atoms with van der Waals surface area (Å²) in [4.78, 5) is 21.3. The Labute approximate surface area is 166 Å². The van der Waals surface area contributed by atoms with Crippen molar-refractivity contribution in [2.24, 2.45) is 4.99 Å². The normalized spacial score (nSPS) is 15.5. The van der Waals surface area contributed by atoms with Gasteiger partial charge in [-0.3, -0.25) is 14.7 Å². The highest BCUT2D eigenvalue weighted by Gasteiger charge is 2.19. The number of nitrogens with zero attached hydrogens (tertiary/aromatic N) is 3. The van der Waals surface area contributed by atoms with Crippen LogP contribution in [0.15, 0.2) is 58.1 Å². The number of furan rings is 1. The van der Waals surface area contributed by atoms with Crippen LogP contribution in [0.4, 0.5) is 0 Å². The van der Waals surface area contributed by atoms with Gasteiger partial charge in [0, 0.05) is 45.8 Å². The zero-order valence-electron chi connectivity index (χ0n) is 16.4.